The van der Waals surface area contributed by atoms with Crippen molar-refractivity contribution in [1.29, 1.82) is 0 Å². The molecule has 0 atom stereocenters. The third-order valence-electron chi connectivity index (χ3n) is 5.67. The number of carbonyl (C=O) groups is 1. The first-order valence-electron chi connectivity index (χ1n) is 10.7. The number of nitrogens with one attached hydrogen (secondary N) is 2. The SMILES string of the molecule is CCCNC(=O)N1CCC(Nc2cc(-c3ccc(C)nc3)cc3ccncc23)CC1. The minimum atomic E-state index is 0.0545. The smallest absolute Gasteiger partial charge is 0.317 e. The van der Waals surface area contributed by atoms with E-state index in [-0.39, 0.29) is 6.03 Å². The molecule has 4 rings (SSSR count). The Balaban J connectivity index is 1.53. The van der Waals surface area contributed by atoms with E-state index in [4.69, 9.17) is 0 Å². The second kappa shape index (κ2) is 9.11. The average Bonchev–Trinajstić information content (AvgIpc) is 2.78. The van der Waals surface area contributed by atoms with Crippen LogP contribution in [0.3, 0.4) is 0 Å². The van der Waals surface area contributed by atoms with Gasteiger partial charge in [-0.25, -0.2) is 4.79 Å². The molecule has 30 heavy (non-hydrogen) atoms. The molecule has 6 nitrogen and oxygen atoms in total. The Labute approximate surface area is 177 Å². The van der Waals surface area contributed by atoms with Gasteiger partial charge in [-0.05, 0) is 61.4 Å². The molecular weight excluding hydrogens is 374 g/mol. The highest BCUT2D eigenvalue weighted by Crippen LogP contribution is 2.31. The van der Waals surface area contributed by atoms with Crippen molar-refractivity contribution in [3.63, 3.8) is 0 Å². The number of aromatic nitrogens is 2. The molecule has 2 N–H and O–H groups in total. The molecule has 1 aliphatic rings. The van der Waals surface area contributed by atoms with Crippen LogP contribution < -0.4 is 10.6 Å². The summed E-state index contributed by atoms with van der Waals surface area (Å²) in [7, 11) is 0. The molecule has 3 heterocycles. The molecule has 0 radical (unpaired) electrons. The minimum Gasteiger partial charge on any atom is -0.382 e. The fourth-order valence-corrected chi connectivity index (χ4v) is 3.91. The lowest BCUT2D eigenvalue weighted by Gasteiger charge is -2.33. The lowest BCUT2D eigenvalue weighted by atomic mass is 9.99. The van der Waals surface area contributed by atoms with Crippen molar-refractivity contribution >= 4 is 22.5 Å². The largest absolute Gasteiger partial charge is 0.382 e. The van der Waals surface area contributed by atoms with E-state index in [1.807, 2.05) is 42.5 Å². The molecule has 2 amide bonds. The van der Waals surface area contributed by atoms with Crippen LogP contribution in [-0.2, 0) is 0 Å². The first kappa shape index (κ1) is 20.1. The third kappa shape index (κ3) is 4.53. The summed E-state index contributed by atoms with van der Waals surface area (Å²) in [6, 6.07) is 11.0. The first-order chi connectivity index (χ1) is 14.6. The molecule has 0 spiro atoms. The predicted molar refractivity (Wildman–Crippen MR) is 122 cm³/mol. The second-order valence-electron chi connectivity index (χ2n) is 7.95. The van der Waals surface area contributed by atoms with Crippen molar-refractivity contribution in [2.45, 2.75) is 39.2 Å². The van der Waals surface area contributed by atoms with Gasteiger partial charge < -0.3 is 15.5 Å². The Morgan fingerprint density at radius 2 is 1.97 bits per heavy atom. The van der Waals surface area contributed by atoms with Crippen LogP contribution in [0.4, 0.5) is 10.5 Å². The van der Waals surface area contributed by atoms with Crippen LogP contribution in [0.25, 0.3) is 21.9 Å². The predicted octanol–water partition coefficient (Wildman–Crippen LogP) is 4.60. The van der Waals surface area contributed by atoms with Crippen molar-refractivity contribution in [3.8, 4) is 11.1 Å². The Morgan fingerprint density at radius 3 is 2.70 bits per heavy atom. The number of pyridine rings is 2. The number of nitrogens with zero attached hydrogens (tertiary/aromatic N) is 3. The highest BCUT2D eigenvalue weighted by atomic mass is 16.2. The molecule has 0 saturated carbocycles. The quantitative estimate of drug-likeness (QED) is 0.653. The summed E-state index contributed by atoms with van der Waals surface area (Å²) < 4.78 is 0. The van der Waals surface area contributed by atoms with Crippen LogP contribution in [0.15, 0.2) is 48.9 Å². The van der Waals surface area contributed by atoms with Gasteiger partial charge in [0.15, 0.2) is 0 Å². The zero-order valence-corrected chi connectivity index (χ0v) is 17.7. The number of likely N-dealkylation sites (tertiary alicyclic amines) is 1. The van der Waals surface area contributed by atoms with Crippen LogP contribution in [0, 0.1) is 6.92 Å². The van der Waals surface area contributed by atoms with Gasteiger partial charge in [-0.3, -0.25) is 9.97 Å². The Hall–Kier alpha value is -3.15. The molecule has 0 aliphatic carbocycles. The van der Waals surface area contributed by atoms with E-state index < -0.39 is 0 Å². The molecule has 0 bridgehead atoms. The zero-order valence-electron chi connectivity index (χ0n) is 17.7. The number of hydrogen-bond acceptors (Lipinski definition) is 4. The van der Waals surface area contributed by atoms with Crippen LogP contribution in [0.1, 0.15) is 31.9 Å². The van der Waals surface area contributed by atoms with E-state index >= 15 is 0 Å². The summed E-state index contributed by atoms with van der Waals surface area (Å²) in [5.74, 6) is 0. The number of aryl methyl sites for hydroxylation is 1. The van der Waals surface area contributed by atoms with Gasteiger partial charge in [-0.2, -0.15) is 0 Å². The Kier molecular flexibility index (Phi) is 6.12. The number of benzene rings is 1. The summed E-state index contributed by atoms with van der Waals surface area (Å²) in [6.07, 6.45) is 8.49. The summed E-state index contributed by atoms with van der Waals surface area (Å²) in [4.78, 5) is 22.9. The number of piperidine rings is 1. The second-order valence-corrected chi connectivity index (χ2v) is 7.95. The maximum atomic E-state index is 12.2. The van der Waals surface area contributed by atoms with Crippen molar-refractivity contribution in [3.05, 3.63) is 54.6 Å². The van der Waals surface area contributed by atoms with Gasteiger partial charge in [0.2, 0.25) is 0 Å². The van der Waals surface area contributed by atoms with E-state index in [1.165, 1.54) is 0 Å². The molecule has 2 aromatic heterocycles. The summed E-state index contributed by atoms with van der Waals surface area (Å²) in [5.41, 5.74) is 4.34. The minimum absolute atomic E-state index is 0.0545. The average molecular weight is 404 g/mol. The first-order valence-corrected chi connectivity index (χ1v) is 10.7. The monoisotopic (exact) mass is 403 g/mol. The van der Waals surface area contributed by atoms with E-state index in [1.54, 1.807) is 0 Å². The van der Waals surface area contributed by atoms with Gasteiger partial charge >= 0.3 is 6.03 Å². The number of hydrogen-bond donors (Lipinski definition) is 2. The normalized spacial score (nSPS) is 14.7. The summed E-state index contributed by atoms with van der Waals surface area (Å²) in [5, 5.41) is 8.97. The number of carbonyl (C=O) groups excluding carboxylic acids is 1. The van der Waals surface area contributed by atoms with Gasteiger partial charge in [0, 0.05) is 66.6 Å². The lowest BCUT2D eigenvalue weighted by Crippen LogP contribution is -2.47. The number of anilines is 1. The highest BCUT2D eigenvalue weighted by Gasteiger charge is 2.23. The highest BCUT2D eigenvalue weighted by molar-refractivity contribution is 5.97. The van der Waals surface area contributed by atoms with Crippen LogP contribution in [0.2, 0.25) is 0 Å². The molecule has 6 heteroatoms. The molecule has 1 aliphatic heterocycles. The van der Waals surface area contributed by atoms with Crippen LogP contribution in [-0.4, -0.2) is 46.6 Å². The van der Waals surface area contributed by atoms with Gasteiger partial charge in [-0.1, -0.05) is 13.0 Å². The number of amides is 2. The van der Waals surface area contributed by atoms with Gasteiger partial charge in [0.05, 0.1) is 0 Å². The van der Waals surface area contributed by atoms with E-state index in [9.17, 15) is 4.79 Å². The fraction of sp³-hybridized carbons (Fsp3) is 0.375. The molecule has 1 saturated heterocycles. The molecular formula is C24H29N5O. The molecule has 156 valence electrons. The van der Waals surface area contributed by atoms with Crippen molar-refractivity contribution in [2.24, 2.45) is 0 Å². The summed E-state index contributed by atoms with van der Waals surface area (Å²) >= 11 is 0. The van der Waals surface area contributed by atoms with Gasteiger partial charge in [0.25, 0.3) is 0 Å². The van der Waals surface area contributed by atoms with Crippen molar-refractivity contribution in [2.75, 3.05) is 25.0 Å². The van der Waals surface area contributed by atoms with Gasteiger partial charge in [-0.15, -0.1) is 0 Å². The molecule has 0 unspecified atom stereocenters. The molecule has 1 aromatic carbocycles. The number of rotatable bonds is 5. The van der Waals surface area contributed by atoms with E-state index in [2.05, 4.69) is 45.7 Å². The number of urea groups is 1. The standard InChI is InChI=1S/C24H29N5O/c1-3-9-26-24(30)29-11-7-21(8-12-29)28-23-14-20(19-5-4-17(2)27-15-19)13-18-6-10-25-16-22(18)23/h4-6,10,13-16,21,28H,3,7-9,11-12H2,1-2H3,(H,26,30). The molecule has 1 fully saturated rings. The summed E-state index contributed by atoms with van der Waals surface area (Å²) in [6.45, 7) is 6.33. The number of fused-ring (bicyclic) bond motifs is 1. The van der Waals surface area contributed by atoms with Crippen molar-refractivity contribution < 1.29 is 4.79 Å². The maximum absolute atomic E-state index is 12.2. The van der Waals surface area contributed by atoms with Crippen molar-refractivity contribution in [1.82, 2.24) is 20.2 Å². The van der Waals surface area contributed by atoms with Gasteiger partial charge in [0.1, 0.15) is 0 Å². The maximum Gasteiger partial charge on any atom is 0.317 e. The zero-order chi connectivity index (χ0) is 20.9. The van der Waals surface area contributed by atoms with Crippen LogP contribution >= 0.6 is 0 Å². The lowest BCUT2D eigenvalue weighted by molar-refractivity contribution is 0.183. The third-order valence-corrected chi connectivity index (χ3v) is 5.67. The fourth-order valence-electron chi connectivity index (χ4n) is 3.91. The van der Waals surface area contributed by atoms with E-state index in [0.29, 0.717) is 6.04 Å². The Morgan fingerprint density at radius 1 is 1.13 bits per heavy atom. The molecule has 3 aromatic rings. The topological polar surface area (TPSA) is 70.2 Å². The Bertz CT molecular complexity index is 1010. The van der Waals surface area contributed by atoms with Crippen LogP contribution in [0.5, 0.6) is 0 Å². The van der Waals surface area contributed by atoms with E-state index in [0.717, 1.165) is 72.2 Å².